The average molecular weight is 329 g/mol. The fraction of sp³-hybridized carbons (Fsp3) is 0.250. The van der Waals surface area contributed by atoms with Crippen LogP contribution >= 0.6 is 11.6 Å². The summed E-state index contributed by atoms with van der Waals surface area (Å²) in [6, 6.07) is 13.9. The van der Waals surface area contributed by atoms with Gasteiger partial charge in [0.05, 0.1) is 6.61 Å². The number of hydrogen-bond donors (Lipinski definition) is 0. The molecule has 0 saturated heterocycles. The third kappa shape index (κ3) is 5.26. The molecule has 2 rings (SSSR count). The van der Waals surface area contributed by atoms with Gasteiger partial charge in [0.15, 0.2) is 0 Å². The van der Waals surface area contributed by atoms with Crippen molar-refractivity contribution >= 4 is 23.6 Å². The predicted octanol–water partition coefficient (Wildman–Crippen LogP) is 5.67. The molecule has 0 N–H and O–H groups in total. The van der Waals surface area contributed by atoms with Gasteiger partial charge < -0.3 is 4.74 Å². The summed E-state index contributed by atoms with van der Waals surface area (Å²) < 4.78 is 5.10. The van der Waals surface area contributed by atoms with Crippen LogP contribution in [-0.2, 0) is 9.53 Å². The van der Waals surface area contributed by atoms with E-state index in [4.69, 9.17) is 16.3 Å². The Morgan fingerprint density at radius 1 is 1.17 bits per heavy atom. The third-order valence-corrected chi connectivity index (χ3v) is 3.81. The maximum absolute atomic E-state index is 11.6. The maximum Gasteiger partial charge on any atom is 0.330 e. The number of rotatable bonds is 6. The van der Waals surface area contributed by atoms with Gasteiger partial charge in [-0.2, -0.15) is 0 Å². The lowest BCUT2D eigenvalue weighted by molar-refractivity contribution is -0.137. The molecule has 0 amide bonds. The molecule has 0 atom stereocenters. The minimum atomic E-state index is -0.294. The highest BCUT2D eigenvalue weighted by Crippen LogP contribution is 2.26. The van der Waals surface area contributed by atoms with Crippen LogP contribution in [0.5, 0.6) is 0 Å². The van der Waals surface area contributed by atoms with E-state index in [0.29, 0.717) is 6.61 Å². The first-order chi connectivity index (χ1) is 11.1. The van der Waals surface area contributed by atoms with E-state index in [9.17, 15) is 4.79 Å². The highest BCUT2D eigenvalue weighted by Gasteiger charge is 2.03. The minimum Gasteiger partial charge on any atom is -0.463 e. The number of carbonyl (C=O) groups excluding carboxylic acids is 1. The Hall–Kier alpha value is -2.06. The fourth-order valence-corrected chi connectivity index (χ4v) is 2.40. The molecule has 2 nitrogen and oxygen atoms in total. The molecule has 2 aromatic rings. The Kier molecular flexibility index (Phi) is 6.42. The number of hydrogen-bond acceptors (Lipinski definition) is 2. The first-order valence-electron chi connectivity index (χ1n) is 7.81. The Balaban J connectivity index is 2.07. The molecule has 23 heavy (non-hydrogen) atoms. The van der Waals surface area contributed by atoms with Crippen molar-refractivity contribution in [1.82, 2.24) is 0 Å². The summed E-state index contributed by atoms with van der Waals surface area (Å²) in [5, 5.41) is 0.729. The second-order valence-electron chi connectivity index (χ2n) is 5.44. The van der Waals surface area contributed by atoms with E-state index < -0.39 is 0 Å². The van der Waals surface area contributed by atoms with Crippen molar-refractivity contribution in [2.24, 2.45) is 0 Å². The summed E-state index contributed by atoms with van der Waals surface area (Å²) in [6.07, 6.45) is 5.18. The number of esters is 1. The van der Waals surface area contributed by atoms with Gasteiger partial charge in [-0.15, -0.1) is 0 Å². The van der Waals surface area contributed by atoms with Gasteiger partial charge in [0.1, 0.15) is 0 Å². The second-order valence-corrected chi connectivity index (χ2v) is 5.87. The Morgan fingerprint density at radius 3 is 2.57 bits per heavy atom. The lowest BCUT2D eigenvalue weighted by atomic mass is 9.98. The zero-order valence-electron chi connectivity index (χ0n) is 13.5. The van der Waals surface area contributed by atoms with Crippen LogP contribution in [0.4, 0.5) is 0 Å². The summed E-state index contributed by atoms with van der Waals surface area (Å²) in [6.45, 7) is 4.60. The molecule has 0 unspecified atom stereocenters. The van der Waals surface area contributed by atoms with Crippen LogP contribution < -0.4 is 0 Å². The van der Waals surface area contributed by atoms with Gasteiger partial charge in [0.25, 0.3) is 0 Å². The van der Waals surface area contributed by atoms with Crippen molar-refractivity contribution < 1.29 is 9.53 Å². The predicted molar refractivity (Wildman–Crippen MR) is 96.5 cm³/mol. The van der Waals surface area contributed by atoms with Crippen molar-refractivity contribution in [3.8, 4) is 11.1 Å². The van der Waals surface area contributed by atoms with Crippen molar-refractivity contribution in [3.05, 3.63) is 64.7 Å². The Labute approximate surface area is 142 Å². The van der Waals surface area contributed by atoms with Crippen LogP contribution in [0.25, 0.3) is 17.2 Å². The highest BCUT2D eigenvalue weighted by atomic mass is 35.5. The zero-order valence-corrected chi connectivity index (χ0v) is 14.3. The van der Waals surface area contributed by atoms with Crippen LogP contribution in [0.2, 0.25) is 5.02 Å². The van der Waals surface area contributed by atoms with Gasteiger partial charge in [0.2, 0.25) is 0 Å². The number of unbranched alkanes of at least 4 members (excludes halogenated alkanes) is 1. The van der Waals surface area contributed by atoms with E-state index in [2.05, 4.69) is 26.0 Å². The van der Waals surface area contributed by atoms with Gasteiger partial charge in [-0.25, -0.2) is 4.79 Å². The lowest BCUT2D eigenvalue weighted by Crippen LogP contribution is -2.01. The molecule has 0 saturated carbocycles. The first kappa shape index (κ1) is 17.3. The van der Waals surface area contributed by atoms with Gasteiger partial charge in [-0.1, -0.05) is 55.3 Å². The topological polar surface area (TPSA) is 26.3 Å². The largest absolute Gasteiger partial charge is 0.463 e. The fourth-order valence-electron chi connectivity index (χ4n) is 2.27. The third-order valence-electron chi connectivity index (χ3n) is 3.56. The quantitative estimate of drug-likeness (QED) is 0.388. The van der Waals surface area contributed by atoms with Crippen molar-refractivity contribution in [2.45, 2.75) is 26.7 Å². The standard InChI is InChI=1S/C20H21ClO2/c1-3-4-13-23-20(22)12-6-16-5-11-19(15(2)14-16)17-7-9-18(21)10-8-17/h5-12,14H,3-4,13H2,1-2H3/b12-6+. The van der Waals surface area contributed by atoms with E-state index in [1.54, 1.807) is 6.08 Å². The van der Waals surface area contributed by atoms with Gasteiger partial charge >= 0.3 is 5.97 Å². The van der Waals surface area contributed by atoms with Crippen LogP contribution in [0, 0.1) is 6.92 Å². The molecule has 0 aliphatic carbocycles. The van der Waals surface area contributed by atoms with Crippen LogP contribution in [0.15, 0.2) is 48.5 Å². The lowest BCUT2D eigenvalue weighted by Gasteiger charge is -2.07. The number of carbonyl (C=O) groups is 1. The summed E-state index contributed by atoms with van der Waals surface area (Å²) >= 11 is 5.93. The van der Waals surface area contributed by atoms with Crippen LogP contribution in [0.3, 0.4) is 0 Å². The van der Waals surface area contributed by atoms with Crippen LogP contribution in [-0.4, -0.2) is 12.6 Å². The SMILES string of the molecule is CCCCOC(=O)/C=C/c1ccc(-c2ccc(Cl)cc2)c(C)c1. The van der Waals surface area contributed by atoms with E-state index in [0.717, 1.165) is 40.1 Å². The van der Waals surface area contributed by atoms with Crippen molar-refractivity contribution in [1.29, 1.82) is 0 Å². The molecule has 2 aromatic carbocycles. The first-order valence-corrected chi connectivity index (χ1v) is 8.19. The molecule has 0 aliphatic rings. The number of aryl methyl sites for hydroxylation is 1. The molecule has 0 heterocycles. The Morgan fingerprint density at radius 2 is 1.91 bits per heavy atom. The van der Waals surface area contributed by atoms with E-state index >= 15 is 0 Å². The molecular formula is C20H21ClO2. The van der Waals surface area contributed by atoms with Crippen molar-refractivity contribution in [3.63, 3.8) is 0 Å². The molecular weight excluding hydrogens is 308 g/mol. The normalized spacial score (nSPS) is 10.9. The average Bonchev–Trinajstić information content (AvgIpc) is 2.54. The summed E-state index contributed by atoms with van der Waals surface area (Å²) in [7, 11) is 0. The maximum atomic E-state index is 11.6. The zero-order chi connectivity index (χ0) is 16.7. The van der Waals surface area contributed by atoms with E-state index in [-0.39, 0.29) is 5.97 Å². The minimum absolute atomic E-state index is 0.294. The molecule has 0 radical (unpaired) electrons. The summed E-state index contributed by atoms with van der Waals surface area (Å²) in [5.41, 5.74) is 4.41. The molecule has 0 spiro atoms. The smallest absolute Gasteiger partial charge is 0.330 e. The Bertz CT molecular complexity index is 687. The van der Waals surface area contributed by atoms with Crippen molar-refractivity contribution in [2.75, 3.05) is 6.61 Å². The number of benzene rings is 2. The molecule has 3 heteroatoms. The van der Waals surface area contributed by atoms with E-state index in [1.807, 2.05) is 30.3 Å². The second kappa shape index (κ2) is 8.54. The molecule has 0 aromatic heterocycles. The van der Waals surface area contributed by atoms with Gasteiger partial charge in [-0.05, 0) is 53.8 Å². The van der Waals surface area contributed by atoms with E-state index in [1.165, 1.54) is 6.08 Å². The summed E-state index contributed by atoms with van der Waals surface area (Å²) in [4.78, 5) is 11.6. The molecule has 0 aliphatic heterocycles. The molecule has 0 bridgehead atoms. The van der Waals surface area contributed by atoms with Crippen LogP contribution in [0.1, 0.15) is 30.9 Å². The highest BCUT2D eigenvalue weighted by molar-refractivity contribution is 6.30. The monoisotopic (exact) mass is 328 g/mol. The summed E-state index contributed by atoms with van der Waals surface area (Å²) in [5.74, 6) is -0.294. The molecule has 120 valence electrons. The van der Waals surface area contributed by atoms with Gasteiger partial charge in [0, 0.05) is 11.1 Å². The molecule has 0 fully saturated rings. The van der Waals surface area contributed by atoms with Gasteiger partial charge in [-0.3, -0.25) is 0 Å². The number of ether oxygens (including phenoxy) is 1. The number of halogens is 1.